The van der Waals surface area contributed by atoms with E-state index in [1.807, 2.05) is 0 Å². The minimum absolute atomic E-state index is 0.282. The van der Waals surface area contributed by atoms with E-state index in [-0.39, 0.29) is 11.7 Å². The van der Waals surface area contributed by atoms with Gasteiger partial charge in [-0.05, 0) is 37.8 Å². The molecule has 0 aromatic carbocycles. The number of halogens is 2. The van der Waals surface area contributed by atoms with Gasteiger partial charge in [-0.25, -0.2) is 15.0 Å². The summed E-state index contributed by atoms with van der Waals surface area (Å²) in [6.07, 6.45) is 3.31. The van der Waals surface area contributed by atoms with Gasteiger partial charge in [-0.15, -0.1) is 0 Å². The highest BCUT2D eigenvalue weighted by molar-refractivity contribution is 9.10. The fourth-order valence-corrected chi connectivity index (χ4v) is 2.11. The van der Waals surface area contributed by atoms with Crippen molar-refractivity contribution in [2.24, 2.45) is 0 Å². The quantitative estimate of drug-likeness (QED) is 0.638. The van der Waals surface area contributed by atoms with Gasteiger partial charge in [0.15, 0.2) is 16.3 Å². The lowest BCUT2D eigenvalue weighted by atomic mass is 10.1. The van der Waals surface area contributed by atoms with Gasteiger partial charge in [0.25, 0.3) is 0 Å². The molecule has 7 heteroatoms. The number of hydrogen-bond donors (Lipinski definition) is 1. The molecule has 100 valence electrons. The number of anilines is 1. The van der Waals surface area contributed by atoms with Crippen molar-refractivity contribution in [1.82, 2.24) is 15.0 Å². The third-order valence-electron chi connectivity index (χ3n) is 2.46. The molecule has 2 N–H and O–H groups in total. The van der Waals surface area contributed by atoms with Crippen LogP contribution in [0.4, 0.5) is 5.82 Å². The predicted molar refractivity (Wildman–Crippen MR) is 80.2 cm³/mol. The van der Waals surface area contributed by atoms with Crippen LogP contribution >= 0.6 is 31.9 Å². The molecule has 0 radical (unpaired) electrons. The summed E-state index contributed by atoms with van der Waals surface area (Å²) in [6.45, 7) is 4.14. The Bertz CT molecular complexity index is 604. The highest BCUT2D eigenvalue weighted by Crippen LogP contribution is 2.33. The molecular weight excluding hydrogens is 376 g/mol. The number of pyridine rings is 1. The fourth-order valence-electron chi connectivity index (χ4n) is 1.50. The van der Waals surface area contributed by atoms with Crippen LogP contribution in [-0.2, 0) is 0 Å². The van der Waals surface area contributed by atoms with Gasteiger partial charge in [0, 0.05) is 17.8 Å². The number of nitrogens with zero attached hydrogens (tertiary/aromatic N) is 3. The molecule has 0 unspecified atom stereocenters. The van der Waals surface area contributed by atoms with E-state index in [0.29, 0.717) is 20.8 Å². The van der Waals surface area contributed by atoms with Crippen LogP contribution in [0.3, 0.4) is 0 Å². The van der Waals surface area contributed by atoms with Crippen molar-refractivity contribution in [3.63, 3.8) is 0 Å². The number of rotatable bonds is 3. The summed E-state index contributed by atoms with van der Waals surface area (Å²) in [6, 6.07) is 1.80. The molecule has 19 heavy (non-hydrogen) atoms. The fraction of sp³-hybridized carbons (Fsp3) is 0.250. The second-order valence-corrected chi connectivity index (χ2v) is 5.71. The average Bonchev–Trinajstić information content (AvgIpc) is 2.32. The largest absolute Gasteiger partial charge is 0.451 e. The molecule has 2 aromatic heterocycles. The van der Waals surface area contributed by atoms with Crippen LogP contribution < -0.4 is 10.5 Å². The van der Waals surface area contributed by atoms with E-state index in [1.54, 1.807) is 12.3 Å². The van der Waals surface area contributed by atoms with Gasteiger partial charge in [-0.2, -0.15) is 0 Å². The number of hydrogen-bond acceptors (Lipinski definition) is 5. The van der Waals surface area contributed by atoms with E-state index in [4.69, 9.17) is 10.5 Å². The molecule has 0 aliphatic carbocycles. The van der Waals surface area contributed by atoms with Crippen LogP contribution in [0, 0.1) is 0 Å². The smallest absolute Gasteiger partial charge is 0.198 e. The lowest BCUT2D eigenvalue weighted by molar-refractivity contribution is 0.469. The lowest BCUT2D eigenvalue weighted by Gasteiger charge is -2.14. The Hall–Kier alpha value is -1.21. The maximum Gasteiger partial charge on any atom is 0.198 e. The van der Waals surface area contributed by atoms with Gasteiger partial charge in [-0.3, -0.25) is 0 Å². The highest BCUT2D eigenvalue weighted by Gasteiger charge is 2.12. The number of ether oxygens (including phenoxy) is 1. The van der Waals surface area contributed by atoms with Gasteiger partial charge in [0.2, 0.25) is 0 Å². The summed E-state index contributed by atoms with van der Waals surface area (Å²) in [5, 5.41) is 0. The Morgan fingerprint density at radius 3 is 2.53 bits per heavy atom. The standard InChI is InChI=1S/C12H12Br2N4O/c1-6(2)7-4-16-10(13)3-8(7)19-9-5-17-12(14)18-11(9)15/h3-6H,1-2H3,(H2,15,17,18). The van der Waals surface area contributed by atoms with Gasteiger partial charge >= 0.3 is 0 Å². The molecule has 0 saturated carbocycles. The Labute approximate surface area is 127 Å². The zero-order valence-electron chi connectivity index (χ0n) is 10.4. The predicted octanol–water partition coefficient (Wildman–Crippen LogP) is 3.89. The van der Waals surface area contributed by atoms with Crippen molar-refractivity contribution in [3.8, 4) is 11.5 Å². The molecule has 0 spiro atoms. The second-order valence-electron chi connectivity index (χ2n) is 4.19. The lowest BCUT2D eigenvalue weighted by Crippen LogP contribution is -2.00. The van der Waals surface area contributed by atoms with Gasteiger partial charge in [-0.1, -0.05) is 13.8 Å². The Morgan fingerprint density at radius 2 is 1.89 bits per heavy atom. The number of nitrogens with two attached hydrogens (primary N) is 1. The van der Waals surface area contributed by atoms with Crippen molar-refractivity contribution < 1.29 is 4.74 Å². The van der Waals surface area contributed by atoms with Crippen molar-refractivity contribution in [2.75, 3.05) is 5.73 Å². The Kier molecular flexibility index (Phi) is 4.36. The third kappa shape index (κ3) is 3.42. The summed E-state index contributed by atoms with van der Waals surface area (Å²) in [5.41, 5.74) is 6.79. The molecule has 0 amide bonds. The maximum atomic E-state index is 5.80. The maximum absolute atomic E-state index is 5.80. The van der Waals surface area contributed by atoms with Crippen molar-refractivity contribution in [2.45, 2.75) is 19.8 Å². The van der Waals surface area contributed by atoms with Crippen LogP contribution in [0.1, 0.15) is 25.3 Å². The monoisotopic (exact) mass is 386 g/mol. The summed E-state index contributed by atoms with van der Waals surface area (Å²) in [7, 11) is 0. The zero-order valence-corrected chi connectivity index (χ0v) is 13.6. The molecule has 0 aliphatic rings. The first-order chi connectivity index (χ1) is 8.97. The van der Waals surface area contributed by atoms with Crippen molar-refractivity contribution in [3.05, 3.63) is 33.4 Å². The molecule has 0 saturated heterocycles. The minimum atomic E-state index is 0.282. The summed E-state index contributed by atoms with van der Waals surface area (Å²) in [4.78, 5) is 12.2. The van der Waals surface area contributed by atoms with Crippen molar-refractivity contribution >= 4 is 37.7 Å². The van der Waals surface area contributed by atoms with Crippen LogP contribution in [0.5, 0.6) is 11.5 Å². The van der Waals surface area contributed by atoms with Gasteiger partial charge < -0.3 is 10.5 Å². The Balaban J connectivity index is 2.39. The van der Waals surface area contributed by atoms with E-state index < -0.39 is 0 Å². The molecule has 2 rings (SSSR count). The van der Waals surface area contributed by atoms with E-state index >= 15 is 0 Å². The highest BCUT2D eigenvalue weighted by atomic mass is 79.9. The van der Waals surface area contributed by atoms with Crippen LogP contribution in [-0.4, -0.2) is 15.0 Å². The average molecular weight is 388 g/mol. The summed E-state index contributed by atoms with van der Waals surface area (Å²) in [5.74, 6) is 1.68. The van der Waals surface area contributed by atoms with Gasteiger partial charge in [0.05, 0.1) is 6.20 Å². The molecule has 2 aromatic rings. The van der Waals surface area contributed by atoms with Gasteiger partial charge in [0.1, 0.15) is 10.4 Å². The normalized spacial score (nSPS) is 10.8. The zero-order chi connectivity index (χ0) is 14.0. The second kappa shape index (κ2) is 5.83. The molecule has 5 nitrogen and oxygen atoms in total. The first kappa shape index (κ1) is 14.2. The molecule has 2 heterocycles. The van der Waals surface area contributed by atoms with E-state index in [9.17, 15) is 0 Å². The number of aromatic nitrogens is 3. The van der Waals surface area contributed by atoms with Crippen LogP contribution in [0.2, 0.25) is 0 Å². The SMILES string of the molecule is CC(C)c1cnc(Br)cc1Oc1cnc(Br)nc1N. The topological polar surface area (TPSA) is 73.9 Å². The minimum Gasteiger partial charge on any atom is -0.451 e. The molecule has 0 aliphatic heterocycles. The molecule has 0 bridgehead atoms. The molecule has 0 fully saturated rings. The van der Waals surface area contributed by atoms with Crippen LogP contribution in [0.25, 0.3) is 0 Å². The first-order valence-corrected chi connectivity index (χ1v) is 7.17. The number of nitrogen functional groups attached to an aromatic ring is 1. The van der Waals surface area contributed by atoms with E-state index in [2.05, 4.69) is 60.7 Å². The third-order valence-corrected chi connectivity index (χ3v) is 3.27. The summed E-state index contributed by atoms with van der Waals surface area (Å²) < 4.78 is 6.92. The van der Waals surface area contributed by atoms with Crippen LogP contribution in [0.15, 0.2) is 27.8 Å². The van der Waals surface area contributed by atoms with Crippen molar-refractivity contribution in [1.29, 1.82) is 0 Å². The van der Waals surface area contributed by atoms with E-state index in [0.717, 1.165) is 5.56 Å². The summed E-state index contributed by atoms with van der Waals surface area (Å²) >= 11 is 6.48. The molecule has 0 atom stereocenters. The Morgan fingerprint density at radius 1 is 1.16 bits per heavy atom. The van der Waals surface area contributed by atoms with E-state index in [1.165, 1.54) is 6.20 Å². The molecular formula is C12H12Br2N4O. The first-order valence-electron chi connectivity index (χ1n) is 5.58.